The highest BCUT2D eigenvalue weighted by molar-refractivity contribution is 5.95. The number of morpholine rings is 2. The first-order chi connectivity index (χ1) is 16.7. The van der Waals surface area contributed by atoms with E-state index in [4.69, 9.17) is 24.2 Å². The molecule has 3 aliphatic rings. The molecule has 10 nitrogen and oxygen atoms in total. The number of carbonyl (C=O) groups is 1. The van der Waals surface area contributed by atoms with Crippen molar-refractivity contribution in [1.29, 1.82) is 0 Å². The molecule has 10 heteroatoms. The highest BCUT2D eigenvalue weighted by Gasteiger charge is 2.39. The number of ether oxygens (including phenoxy) is 3. The normalized spacial score (nSPS) is 20.6. The predicted molar refractivity (Wildman–Crippen MR) is 127 cm³/mol. The van der Waals surface area contributed by atoms with E-state index in [1.165, 1.54) is 0 Å². The van der Waals surface area contributed by atoms with Gasteiger partial charge in [-0.25, -0.2) is 4.79 Å². The van der Waals surface area contributed by atoms with Crippen molar-refractivity contribution in [3.8, 4) is 0 Å². The molecular weight excluding hydrogens is 436 g/mol. The summed E-state index contributed by atoms with van der Waals surface area (Å²) in [6.45, 7) is 9.38. The van der Waals surface area contributed by atoms with Crippen molar-refractivity contribution in [3.63, 3.8) is 0 Å². The van der Waals surface area contributed by atoms with E-state index in [1.54, 1.807) is 6.20 Å². The van der Waals surface area contributed by atoms with Crippen LogP contribution in [0.4, 0.5) is 17.6 Å². The largest absolute Gasteiger partial charge is 0.463 e. The molecule has 0 aromatic carbocycles. The van der Waals surface area contributed by atoms with Crippen LogP contribution in [0.15, 0.2) is 35.7 Å². The maximum Gasteiger partial charge on any atom is 0.336 e. The molecule has 0 aliphatic carbocycles. The van der Waals surface area contributed by atoms with Crippen LogP contribution in [0.3, 0.4) is 0 Å². The summed E-state index contributed by atoms with van der Waals surface area (Å²) in [5, 5.41) is 3.39. The molecule has 0 radical (unpaired) electrons. The molecule has 2 saturated heterocycles. The molecule has 5 rings (SSSR count). The van der Waals surface area contributed by atoms with E-state index in [0.717, 1.165) is 30.2 Å². The average Bonchev–Trinajstić information content (AvgIpc) is 2.89. The molecule has 0 amide bonds. The van der Waals surface area contributed by atoms with Crippen molar-refractivity contribution < 1.29 is 19.0 Å². The summed E-state index contributed by atoms with van der Waals surface area (Å²) in [5.41, 5.74) is 2.84. The van der Waals surface area contributed by atoms with Crippen molar-refractivity contribution in [3.05, 3.63) is 46.9 Å². The molecule has 1 atom stereocenters. The number of nitrogens with one attached hydrogen (secondary N) is 1. The summed E-state index contributed by atoms with van der Waals surface area (Å²) < 4.78 is 16.6. The minimum absolute atomic E-state index is 0.292. The fourth-order valence-electron chi connectivity index (χ4n) is 4.66. The molecule has 2 aromatic rings. The molecule has 2 aromatic heterocycles. The van der Waals surface area contributed by atoms with Crippen molar-refractivity contribution in [2.75, 3.05) is 74.3 Å². The number of hydrogen-bond acceptors (Lipinski definition) is 10. The minimum atomic E-state index is -0.451. The fraction of sp³-hybridized carbons (Fsp3) is 0.500. The Morgan fingerprint density at radius 1 is 1.09 bits per heavy atom. The Morgan fingerprint density at radius 2 is 1.79 bits per heavy atom. The maximum absolute atomic E-state index is 13.2. The third-order valence-corrected chi connectivity index (χ3v) is 6.28. The lowest BCUT2D eigenvalue weighted by molar-refractivity contribution is -0.138. The lowest BCUT2D eigenvalue weighted by Crippen LogP contribution is -2.41. The summed E-state index contributed by atoms with van der Waals surface area (Å²) in [6, 6.07) is 5.73. The van der Waals surface area contributed by atoms with Gasteiger partial charge in [0.25, 0.3) is 0 Å². The molecule has 5 heterocycles. The van der Waals surface area contributed by atoms with Gasteiger partial charge >= 0.3 is 5.97 Å². The molecule has 34 heavy (non-hydrogen) atoms. The minimum Gasteiger partial charge on any atom is -0.463 e. The third-order valence-electron chi connectivity index (χ3n) is 6.28. The molecule has 3 aliphatic heterocycles. The van der Waals surface area contributed by atoms with Gasteiger partial charge in [0.2, 0.25) is 5.95 Å². The van der Waals surface area contributed by atoms with Gasteiger partial charge in [0, 0.05) is 38.1 Å². The van der Waals surface area contributed by atoms with Gasteiger partial charge in [0.05, 0.1) is 55.8 Å². The number of anilines is 3. The van der Waals surface area contributed by atoms with Crippen molar-refractivity contribution in [1.82, 2.24) is 15.0 Å². The number of hydrogen-bond donors (Lipinski definition) is 1. The highest BCUT2D eigenvalue weighted by Crippen LogP contribution is 2.45. The Kier molecular flexibility index (Phi) is 6.59. The second-order valence-corrected chi connectivity index (χ2v) is 8.38. The molecule has 0 bridgehead atoms. The molecule has 0 saturated carbocycles. The van der Waals surface area contributed by atoms with E-state index >= 15 is 0 Å². The number of pyridine rings is 1. The van der Waals surface area contributed by atoms with Crippen LogP contribution in [0.5, 0.6) is 0 Å². The number of aromatic nitrogens is 3. The van der Waals surface area contributed by atoms with Gasteiger partial charge in [-0.05, 0) is 26.0 Å². The van der Waals surface area contributed by atoms with Gasteiger partial charge in [0.1, 0.15) is 11.6 Å². The molecule has 1 N–H and O–H groups in total. The SMILES string of the molecule is CCOC(=O)C1=C(C)Nc2nc(N3CCOCC3)nc(N3CCOCC3)c2C1c1ccccn1. The van der Waals surface area contributed by atoms with Gasteiger partial charge < -0.3 is 29.3 Å². The van der Waals surface area contributed by atoms with Crippen LogP contribution >= 0.6 is 0 Å². The summed E-state index contributed by atoms with van der Waals surface area (Å²) in [5.74, 6) is 1.33. The Bertz CT molecular complexity index is 1060. The monoisotopic (exact) mass is 466 g/mol. The third kappa shape index (κ3) is 4.30. The molecule has 0 spiro atoms. The van der Waals surface area contributed by atoms with E-state index < -0.39 is 5.92 Å². The first-order valence-corrected chi connectivity index (χ1v) is 11.8. The summed E-state index contributed by atoms with van der Waals surface area (Å²) in [4.78, 5) is 32.1. The number of allylic oxidation sites excluding steroid dienone is 1. The van der Waals surface area contributed by atoms with E-state index in [2.05, 4.69) is 20.1 Å². The topological polar surface area (TPSA) is 102 Å². The quantitative estimate of drug-likeness (QED) is 0.658. The zero-order valence-electron chi connectivity index (χ0n) is 19.6. The molecular formula is C24H30N6O4. The van der Waals surface area contributed by atoms with E-state index in [9.17, 15) is 4.79 Å². The van der Waals surface area contributed by atoms with Gasteiger partial charge in [-0.3, -0.25) is 4.98 Å². The van der Waals surface area contributed by atoms with Crippen LogP contribution in [0.25, 0.3) is 0 Å². The van der Waals surface area contributed by atoms with Gasteiger partial charge in [-0.15, -0.1) is 0 Å². The number of rotatable bonds is 5. The number of fused-ring (bicyclic) bond motifs is 1. The summed E-state index contributed by atoms with van der Waals surface area (Å²) in [7, 11) is 0. The Labute approximate surface area is 198 Å². The molecule has 180 valence electrons. The van der Waals surface area contributed by atoms with Gasteiger partial charge in [-0.2, -0.15) is 9.97 Å². The van der Waals surface area contributed by atoms with Crippen LogP contribution < -0.4 is 15.1 Å². The maximum atomic E-state index is 13.2. The van der Waals surface area contributed by atoms with Crippen molar-refractivity contribution >= 4 is 23.6 Å². The summed E-state index contributed by atoms with van der Waals surface area (Å²) in [6.07, 6.45) is 1.74. The van der Waals surface area contributed by atoms with Crippen molar-refractivity contribution in [2.45, 2.75) is 19.8 Å². The second kappa shape index (κ2) is 9.94. The zero-order chi connectivity index (χ0) is 23.5. The van der Waals surface area contributed by atoms with Gasteiger partial charge in [0.15, 0.2) is 0 Å². The number of esters is 1. The highest BCUT2D eigenvalue weighted by atomic mass is 16.5. The van der Waals surface area contributed by atoms with Gasteiger partial charge in [-0.1, -0.05) is 6.07 Å². The number of carbonyl (C=O) groups excluding carboxylic acids is 1. The molecule has 1 unspecified atom stereocenters. The lowest BCUT2D eigenvalue weighted by Gasteiger charge is -2.36. The fourth-order valence-corrected chi connectivity index (χ4v) is 4.66. The van der Waals surface area contributed by atoms with E-state index in [0.29, 0.717) is 69.2 Å². The zero-order valence-corrected chi connectivity index (χ0v) is 19.6. The predicted octanol–water partition coefficient (Wildman–Crippen LogP) is 1.94. The van der Waals surface area contributed by atoms with Crippen molar-refractivity contribution in [2.24, 2.45) is 0 Å². The Morgan fingerprint density at radius 3 is 2.44 bits per heavy atom. The lowest BCUT2D eigenvalue weighted by atomic mass is 9.84. The smallest absolute Gasteiger partial charge is 0.336 e. The Hall–Kier alpha value is -3.24. The first-order valence-electron chi connectivity index (χ1n) is 11.8. The van der Waals surface area contributed by atoms with Crippen LogP contribution in [0.2, 0.25) is 0 Å². The first kappa shape index (κ1) is 22.5. The van der Waals surface area contributed by atoms with Crippen LogP contribution in [0.1, 0.15) is 31.0 Å². The van der Waals surface area contributed by atoms with Crippen LogP contribution in [0, 0.1) is 0 Å². The standard InChI is InChI=1S/C24H30N6O4/c1-3-34-23(31)18-16(2)26-21-20(19(18)17-6-4-5-7-25-17)22(29-8-12-32-13-9-29)28-24(27-21)30-10-14-33-15-11-30/h4-7,19H,3,8-15H2,1-2H3,(H,26,27,28). The average molecular weight is 467 g/mol. The Balaban J connectivity index is 1.70. The van der Waals surface area contributed by atoms with Crippen LogP contribution in [-0.2, 0) is 19.0 Å². The van der Waals surface area contributed by atoms with E-state index in [1.807, 2.05) is 32.0 Å². The van der Waals surface area contributed by atoms with E-state index in [-0.39, 0.29) is 5.97 Å². The van der Waals surface area contributed by atoms with Crippen LogP contribution in [-0.4, -0.2) is 80.1 Å². The summed E-state index contributed by atoms with van der Waals surface area (Å²) >= 11 is 0. The molecule has 2 fully saturated rings. The number of nitrogens with zero attached hydrogens (tertiary/aromatic N) is 5. The second-order valence-electron chi connectivity index (χ2n) is 8.38.